The molecule has 4 atom stereocenters. The number of carbonyl (C=O) groups excluding carboxylic acids is 7. The number of aromatic hydroxyl groups is 1. The van der Waals surface area contributed by atoms with Crippen molar-refractivity contribution in [2.24, 2.45) is 5.92 Å². The van der Waals surface area contributed by atoms with E-state index in [0.29, 0.717) is 11.1 Å². The maximum atomic E-state index is 13.6. The molecule has 6 N–H and O–H groups in total. The summed E-state index contributed by atoms with van der Waals surface area (Å²) in [7, 11) is 0. The van der Waals surface area contributed by atoms with Gasteiger partial charge in [0.1, 0.15) is 46.9 Å². The van der Waals surface area contributed by atoms with E-state index >= 15 is 0 Å². The Morgan fingerprint density at radius 2 is 1.22 bits per heavy atom. The van der Waals surface area contributed by atoms with Gasteiger partial charge in [0.2, 0.25) is 23.6 Å². The van der Waals surface area contributed by atoms with Gasteiger partial charge in [0.05, 0.1) is 6.54 Å². The lowest BCUT2D eigenvalue weighted by molar-refractivity contribution is -0.158. The van der Waals surface area contributed by atoms with Gasteiger partial charge in [-0.05, 0) is 96.2 Å². The fourth-order valence-electron chi connectivity index (χ4n) is 5.85. The first kappa shape index (κ1) is 50.6. The number of ether oxygens (including phenoxy) is 3. The van der Waals surface area contributed by atoms with E-state index in [4.69, 9.17) is 14.2 Å². The molecule has 3 aromatic carbocycles. The van der Waals surface area contributed by atoms with Gasteiger partial charge in [-0.3, -0.25) is 19.2 Å². The number of carbonyl (C=O) groups is 7. The van der Waals surface area contributed by atoms with Crippen LogP contribution in [-0.4, -0.2) is 88.7 Å². The second-order valence-electron chi connectivity index (χ2n) is 17.3. The number of phenolic OH excluding ortho intramolecular Hbond substituents is 1. The molecular weight excluding hydrogens is 811 g/mol. The van der Waals surface area contributed by atoms with Crippen LogP contribution in [0.1, 0.15) is 85.4 Å². The van der Waals surface area contributed by atoms with Crippen molar-refractivity contribution < 1.29 is 52.9 Å². The number of esters is 2. The average molecular weight is 872 g/mol. The first-order valence-corrected chi connectivity index (χ1v) is 20.7. The zero-order chi connectivity index (χ0) is 46.9. The highest BCUT2D eigenvalue weighted by Crippen LogP contribution is 2.22. The quantitative estimate of drug-likeness (QED) is 0.0551. The number of para-hydroxylation sites is 1. The molecule has 0 fully saturated rings. The van der Waals surface area contributed by atoms with E-state index in [1.807, 2.05) is 32.0 Å². The van der Waals surface area contributed by atoms with Crippen LogP contribution in [-0.2, 0) is 51.1 Å². The van der Waals surface area contributed by atoms with Crippen LogP contribution in [0.5, 0.6) is 11.5 Å². The van der Waals surface area contributed by atoms with E-state index in [0.717, 1.165) is 11.6 Å². The molecule has 0 heterocycles. The second-order valence-corrected chi connectivity index (χ2v) is 17.3. The number of hydrogen-bond donors (Lipinski definition) is 6. The van der Waals surface area contributed by atoms with E-state index < -0.39 is 83.6 Å². The van der Waals surface area contributed by atoms with Crippen molar-refractivity contribution in [3.05, 3.63) is 102 Å². The summed E-state index contributed by atoms with van der Waals surface area (Å²) in [6, 6.07) is 17.0. The predicted molar refractivity (Wildman–Crippen MR) is 236 cm³/mol. The Labute approximate surface area is 368 Å². The number of benzene rings is 3. The summed E-state index contributed by atoms with van der Waals surface area (Å²) < 4.78 is 16.5. The van der Waals surface area contributed by atoms with Gasteiger partial charge in [0.15, 0.2) is 0 Å². The molecule has 0 aromatic heterocycles. The van der Waals surface area contributed by atoms with Crippen molar-refractivity contribution in [1.82, 2.24) is 26.6 Å². The molecule has 0 spiro atoms. The molecule has 0 bridgehead atoms. The van der Waals surface area contributed by atoms with Crippen molar-refractivity contribution in [2.45, 2.75) is 117 Å². The standard InChI is InChI=1S/C47H61N5O11/c1-29(2)25-36(52-45(60)63-47(7,8)9)43(58)61-38-18-14-13-17-33(38)21-24-39(54)50-35(26-32-19-22-34(53)23-20-32)42(57)49-30(3)41(56)48-28-40(55)51-37(44(59)62-46(4,5)6)27-31-15-11-10-12-16-31/h10-24,29-30,35-37,53H,25-28H2,1-9H3,(H,48,56)(H,49,57)(H,50,54)(H,51,55)(H,52,60)/b24-21-/t30-,35+,36-,37+/m1/s1. The number of nitrogens with one attached hydrogen (secondary N) is 5. The summed E-state index contributed by atoms with van der Waals surface area (Å²) in [4.78, 5) is 91.9. The van der Waals surface area contributed by atoms with E-state index in [9.17, 15) is 38.7 Å². The lowest BCUT2D eigenvalue weighted by atomic mass is 10.0. The molecule has 63 heavy (non-hydrogen) atoms. The zero-order valence-corrected chi connectivity index (χ0v) is 37.4. The first-order chi connectivity index (χ1) is 29.5. The van der Waals surface area contributed by atoms with Crippen LogP contribution in [0, 0.1) is 5.92 Å². The number of rotatable bonds is 19. The number of hydrogen-bond acceptors (Lipinski definition) is 11. The number of phenols is 1. The van der Waals surface area contributed by atoms with Gasteiger partial charge in [-0.25, -0.2) is 14.4 Å². The summed E-state index contributed by atoms with van der Waals surface area (Å²) in [5.41, 5.74) is 0.108. The Kier molecular flexibility index (Phi) is 18.9. The summed E-state index contributed by atoms with van der Waals surface area (Å²) in [5, 5.41) is 22.7. The maximum Gasteiger partial charge on any atom is 0.408 e. The number of alkyl carbamates (subject to hydrolysis) is 1. The van der Waals surface area contributed by atoms with Gasteiger partial charge >= 0.3 is 18.0 Å². The molecule has 0 aliphatic rings. The average Bonchev–Trinajstić information content (AvgIpc) is 3.18. The zero-order valence-electron chi connectivity index (χ0n) is 37.4. The predicted octanol–water partition coefficient (Wildman–Crippen LogP) is 4.67. The number of amides is 5. The van der Waals surface area contributed by atoms with Gasteiger partial charge in [0, 0.05) is 24.5 Å². The molecule has 3 aromatic rings. The third-order valence-electron chi connectivity index (χ3n) is 8.72. The van der Waals surface area contributed by atoms with Gasteiger partial charge in [-0.2, -0.15) is 0 Å². The molecule has 0 saturated heterocycles. The van der Waals surface area contributed by atoms with Crippen LogP contribution in [0.25, 0.3) is 6.08 Å². The Bertz CT molecular complexity index is 2070. The normalized spacial score (nSPS) is 13.4. The second kappa shape index (κ2) is 23.5. The SMILES string of the molecule is CC(C)C[C@@H](NC(=O)OC(C)(C)C)C(=O)Oc1ccccc1/C=C\C(=O)N[C@@H](Cc1ccc(O)cc1)C(=O)N[C@H](C)C(=O)NCC(=O)N[C@@H](Cc1ccccc1)C(=O)OC(C)(C)C. The highest BCUT2D eigenvalue weighted by Gasteiger charge is 2.30. The van der Waals surface area contributed by atoms with Gasteiger partial charge in [-0.15, -0.1) is 0 Å². The lowest BCUT2D eigenvalue weighted by Crippen LogP contribution is -2.54. The van der Waals surface area contributed by atoms with Crippen molar-refractivity contribution in [3.8, 4) is 11.5 Å². The van der Waals surface area contributed by atoms with E-state index in [1.54, 1.807) is 84.0 Å². The molecule has 0 saturated carbocycles. The molecule has 3 rings (SSSR count). The van der Waals surface area contributed by atoms with Gasteiger partial charge in [0.25, 0.3) is 0 Å². The van der Waals surface area contributed by atoms with Crippen LogP contribution in [0.2, 0.25) is 0 Å². The largest absolute Gasteiger partial charge is 0.508 e. The first-order valence-electron chi connectivity index (χ1n) is 20.7. The molecule has 16 heteroatoms. The fourth-order valence-corrected chi connectivity index (χ4v) is 5.85. The fraction of sp³-hybridized carbons (Fsp3) is 0.426. The Balaban J connectivity index is 1.69. The lowest BCUT2D eigenvalue weighted by Gasteiger charge is -2.25. The van der Waals surface area contributed by atoms with Gasteiger partial charge < -0.3 is 45.9 Å². The third kappa shape index (κ3) is 19.3. The minimum absolute atomic E-state index is 0.00551. The van der Waals surface area contributed by atoms with E-state index in [-0.39, 0.29) is 36.7 Å². The molecule has 340 valence electrons. The highest BCUT2D eigenvalue weighted by atomic mass is 16.6. The van der Waals surface area contributed by atoms with Crippen LogP contribution in [0.15, 0.2) is 84.9 Å². The smallest absolute Gasteiger partial charge is 0.408 e. The molecule has 16 nitrogen and oxygen atoms in total. The molecule has 0 aliphatic heterocycles. The Morgan fingerprint density at radius 3 is 1.84 bits per heavy atom. The van der Waals surface area contributed by atoms with E-state index in [1.165, 1.54) is 31.2 Å². The van der Waals surface area contributed by atoms with Crippen molar-refractivity contribution in [1.29, 1.82) is 0 Å². The third-order valence-corrected chi connectivity index (χ3v) is 8.72. The Hall–Kier alpha value is -6.71. The molecule has 0 aliphatic carbocycles. The summed E-state index contributed by atoms with van der Waals surface area (Å²) >= 11 is 0. The van der Waals surface area contributed by atoms with Gasteiger partial charge in [-0.1, -0.05) is 74.5 Å². The Morgan fingerprint density at radius 1 is 0.635 bits per heavy atom. The molecule has 0 radical (unpaired) electrons. The highest BCUT2D eigenvalue weighted by molar-refractivity contribution is 5.97. The summed E-state index contributed by atoms with van der Waals surface area (Å²) in [6.45, 7) is 14.9. The van der Waals surface area contributed by atoms with Crippen LogP contribution < -0.4 is 31.3 Å². The van der Waals surface area contributed by atoms with Crippen LogP contribution in [0.3, 0.4) is 0 Å². The van der Waals surface area contributed by atoms with Crippen LogP contribution >= 0.6 is 0 Å². The monoisotopic (exact) mass is 871 g/mol. The van der Waals surface area contributed by atoms with Crippen LogP contribution in [0.4, 0.5) is 4.79 Å². The van der Waals surface area contributed by atoms with E-state index in [2.05, 4.69) is 26.6 Å². The topological polar surface area (TPSA) is 228 Å². The summed E-state index contributed by atoms with van der Waals surface area (Å²) in [5.74, 6) is -4.08. The van der Waals surface area contributed by atoms with Crippen molar-refractivity contribution in [3.63, 3.8) is 0 Å². The minimum Gasteiger partial charge on any atom is -0.508 e. The summed E-state index contributed by atoms with van der Waals surface area (Å²) in [6.07, 6.45) is 2.14. The minimum atomic E-state index is -1.22. The van der Waals surface area contributed by atoms with Crippen molar-refractivity contribution in [2.75, 3.05) is 6.54 Å². The van der Waals surface area contributed by atoms with Crippen molar-refractivity contribution >= 4 is 47.7 Å². The molecule has 0 unspecified atom stereocenters. The molecule has 5 amide bonds. The maximum absolute atomic E-state index is 13.6. The molecular formula is C47H61N5O11.